The van der Waals surface area contributed by atoms with Gasteiger partial charge in [0.1, 0.15) is 11.5 Å². The van der Waals surface area contributed by atoms with Gasteiger partial charge in [0.25, 0.3) is 0 Å². The van der Waals surface area contributed by atoms with Crippen molar-refractivity contribution in [3.05, 3.63) is 47.5 Å². The number of methoxy groups -OCH3 is 1. The first-order valence-electron chi connectivity index (χ1n) is 7.28. The zero-order valence-corrected chi connectivity index (χ0v) is 13.1. The smallest absolute Gasteiger partial charge is 0.335 e. The lowest BCUT2D eigenvalue weighted by molar-refractivity contribution is -0.136. The van der Waals surface area contributed by atoms with Crippen molar-refractivity contribution in [1.29, 1.82) is 0 Å². The van der Waals surface area contributed by atoms with Crippen LogP contribution in [-0.2, 0) is 11.2 Å². The van der Waals surface area contributed by atoms with Crippen molar-refractivity contribution >= 4 is 22.9 Å². The molecule has 0 amide bonds. The van der Waals surface area contributed by atoms with Crippen LogP contribution in [0.2, 0.25) is 0 Å². The van der Waals surface area contributed by atoms with E-state index in [1.807, 2.05) is 0 Å². The van der Waals surface area contributed by atoms with Crippen molar-refractivity contribution in [2.45, 2.75) is 6.42 Å². The molecule has 0 spiro atoms. The van der Waals surface area contributed by atoms with Crippen molar-refractivity contribution in [2.75, 3.05) is 7.11 Å². The number of rotatable bonds is 5. The first-order valence-corrected chi connectivity index (χ1v) is 7.28. The lowest BCUT2D eigenvalue weighted by Crippen LogP contribution is -2.01. The van der Waals surface area contributed by atoms with E-state index in [0.29, 0.717) is 16.9 Å². The van der Waals surface area contributed by atoms with Crippen LogP contribution in [0.1, 0.15) is 15.9 Å². The Morgan fingerprint density at radius 3 is 2.36 bits per heavy atom. The summed E-state index contributed by atoms with van der Waals surface area (Å²) in [6, 6.07) is 9.13. The monoisotopic (exact) mass is 342 g/mol. The summed E-state index contributed by atoms with van der Waals surface area (Å²) in [6.07, 6.45) is -0.378. The fraction of sp³-hybridized carbons (Fsp3) is 0.111. The molecule has 3 N–H and O–H groups in total. The fourth-order valence-corrected chi connectivity index (χ4v) is 2.66. The third kappa shape index (κ3) is 2.99. The number of aromatic carboxylic acids is 1. The molecule has 0 aliphatic heterocycles. The number of aromatic hydroxyl groups is 1. The Bertz CT molecular complexity index is 967. The molecule has 25 heavy (non-hydrogen) atoms. The fourth-order valence-electron chi connectivity index (χ4n) is 2.66. The second-order valence-corrected chi connectivity index (χ2v) is 5.39. The predicted octanol–water partition coefficient (Wildman–Crippen LogP) is 3.14. The van der Waals surface area contributed by atoms with E-state index in [9.17, 15) is 19.8 Å². The van der Waals surface area contributed by atoms with Gasteiger partial charge in [0, 0.05) is 16.5 Å². The maximum Gasteiger partial charge on any atom is 0.335 e. The quantitative estimate of drug-likeness (QED) is 0.652. The number of hydrogen-bond donors (Lipinski definition) is 3. The number of carbonyl (C=O) groups is 2. The molecule has 0 fully saturated rings. The predicted molar refractivity (Wildman–Crippen MR) is 88.2 cm³/mol. The van der Waals surface area contributed by atoms with E-state index < -0.39 is 11.9 Å². The highest BCUT2D eigenvalue weighted by Gasteiger charge is 2.22. The van der Waals surface area contributed by atoms with Gasteiger partial charge in [0.05, 0.1) is 19.1 Å². The minimum absolute atomic E-state index is 0.0482. The minimum atomic E-state index is -1.23. The zero-order chi connectivity index (χ0) is 18.1. The molecule has 0 unspecified atom stereocenters. The summed E-state index contributed by atoms with van der Waals surface area (Å²) in [7, 11) is 1.53. The molecule has 0 aliphatic carbocycles. The van der Waals surface area contributed by atoms with E-state index in [-0.39, 0.29) is 34.5 Å². The van der Waals surface area contributed by atoms with E-state index in [1.165, 1.54) is 13.2 Å². The van der Waals surface area contributed by atoms with Gasteiger partial charge in [-0.2, -0.15) is 0 Å². The van der Waals surface area contributed by atoms with Gasteiger partial charge in [-0.3, -0.25) is 4.79 Å². The molecule has 3 aromatic rings. The third-order valence-electron chi connectivity index (χ3n) is 3.80. The molecular formula is C18H14O7. The Balaban J connectivity index is 2.27. The third-order valence-corrected chi connectivity index (χ3v) is 3.80. The van der Waals surface area contributed by atoms with Crippen molar-refractivity contribution < 1.29 is 34.1 Å². The van der Waals surface area contributed by atoms with Gasteiger partial charge in [0.2, 0.25) is 0 Å². The summed E-state index contributed by atoms with van der Waals surface area (Å²) in [5, 5.41) is 28.7. The summed E-state index contributed by atoms with van der Waals surface area (Å²) in [5.41, 5.74) is 0.779. The molecule has 2 aromatic carbocycles. The average Bonchev–Trinajstić information content (AvgIpc) is 2.93. The number of phenolic OH excluding ortho intramolecular Hbond substituents is 1. The Morgan fingerprint density at radius 2 is 1.80 bits per heavy atom. The van der Waals surface area contributed by atoms with Gasteiger partial charge < -0.3 is 24.5 Å². The van der Waals surface area contributed by atoms with Crippen molar-refractivity contribution in [2.24, 2.45) is 0 Å². The summed E-state index contributed by atoms with van der Waals surface area (Å²) in [6.45, 7) is 0. The van der Waals surface area contributed by atoms with Crippen LogP contribution in [0, 0.1) is 0 Å². The molecule has 0 saturated heterocycles. The Hall–Kier alpha value is -3.48. The van der Waals surface area contributed by atoms with Crippen LogP contribution in [-0.4, -0.2) is 34.4 Å². The van der Waals surface area contributed by atoms with Gasteiger partial charge >= 0.3 is 11.9 Å². The molecule has 128 valence electrons. The van der Waals surface area contributed by atoms with Gasteiger partial charge in [-0.1, -0.05) is 0 Å². The van der Waals surface area contributed by atoms with Crippen LogP contribution in [0.25, 0.3) is 22.3 Å². The maximum atomic E-state index is 11.3. The van der Waals surface area contributed by atoms with Crippen LogP contribution in [0.4, 0.5) is 0 Å². The molecule has 7 nitrogen and oxygen atoms in total. The number of hydrogen-bond acceptors (Lipinski definition) is 5. The molecule has 0 aliphatic rings. The normalized spacial score (nSPS) is 10.8. The number of phenols is 1. The topological polar surface area (TPSA) is 117 Å². The molecule has 3 rings (SSSR count). The first-order chi connectivity index (χ1) is 11.9. The molecule has 0 radical (unpaired) electrons. The zero-order valence-electron chi connectivity index (χ0n) is 13.1. The van der Waals surface area contributed by atoms with E-state index in [1.54, 1.807) is 24.3 Å². The van der Waals surface area contributed by atoms with E-state index >= 15 is 0 Å². The van der Waals surface area contributed by atoms with E-state index in [0.717, 1.165) is 6.07 Å². The lowest BCUT2D eigenvalue weighted by Gasteiger charge is -2.03. The Kier molecular flexibility index (Phi) is 4.06. The largest absolute Gasteiger partial charge is 0.504 e. The highest BCUT2D eigenvalue weighted by atomic mass is 16.5. The number of aliphatic carboxylic acids is 1. The number of carboxylic acid groups (broad SMARTS) is 2. The Labute approximate surface area is 141 Å². The molecular weight excluding hydrogens is 328 g/mol. The molecule has 1 heterocycles. The number of furan rings is 1. The number of benzene rings is 2. The summed E-state index contributed by atoms with van der Waals surface area (Å²) < 4.78 is 10.8. The summed E-state index contributed by atoms with van der Waals surface area (Å²) in [4.78, 5) is 22.5. The highest BCUT2D eigenvalue weighted by Crippen LogP contribution is 2.39. The average molecular weight is 342 g/mol. The molecule has 0 saturated carbocycles. The molecule has 0 atom stereocenters. The van der Waals surface area contributed by atoms with Gasteiger partial charge in [-0.05, 0) is 36.4 Å². The summed E-state index contributed by atoms with van der Waals surface area (Å²) >= 11 is 0. The van der Waals surface area contributed by atoms with Gasteiger partial charge in [-0.15, -0.1) is 0 Å². The van der Waals surface area contributed by atoms with Crippen molar-refractivity contribution in [3.8, 4) is 22.8 Å². The highest BCUT2D eigenvalue weighted by molar-refractivity contribution is 6.00. The standard InChI is InChI=1S/C18H14O7/c1-24-11-4-2-9(3-5-11)16-13(8-15(20)21)12-6-10(18(22)23)7-14(19)17(12)25-16/h2-7,19H,8H2,1H3,(H,20,21)(H,22,23). The lowest BCUT2D eigenvalue weighted by atomic mass is 10.0. The number of carboxylic acids is 2. The second-order valence-electron chi connectivity index (χ2n) is 5.39. The van der Waals surface area contributed by atoms with Crippen molar-refractivity contribution in [1.82, 2.24) is 0 Å². The van der Waals surface area contributed by atoms with Crippen LogP contribution >= 0.6 is 0 Å². The number of ether oxygens (including phenoxy) is 1. The Morgan fingerprint density at radius 1 is 1.12 bits per heavy atom. The van der Waals surface area contributed by atoms with E-state index in [4.69, 9.17) is 14.3 Å². The van der Waals surface area contributed by atoms with Crippen LogP contribution in [0.15, 0.2) is 40.8 Å². The SMILES string of the molecule is COc1ccc(-c2oc3c(O)cc(C(=O)O)cc3c2CC(=O)O)cc1. The first kappa shape index (κ1) is 16.4. The van der Waals surface area contributed by atoms with Crippen LogP contribution in [0.3, 0.4) is 0 Å². The minimum Gasteiger partial charge on any atom is -0.504 e. The van der Waals surface area contributed by atoms with Gasteiger partial charge in [0.15, 0.2) is 11.3 Å². The van der Waals surface area contributed by atoms with Crippen LogP contribution in [0.5, 0.6) is 11.5 Å². The maximum absolute atomic E-state index is 11.3. The van der Waals surface area contributed by atoms with Crippen LogP contribution < -0.4 is 4.74 Å². The second kappa shape index (κ2) is 6.20. The molecule has 0 bridgehead atoms. The number of fused-ring (bicyclic) bond motifs is 1. The van der Waals surface area contributed by atoms with Gasteiger partial charge in [-0.25, -0.2) is 4.79 Å². The van der Waals surface area contributed by atoms with Crippen molar-refractivity contribution in [3.63, 3.8) is 0 Å². The molecule has 7 heteroatoms. The molecule has 1 aromatic heterocycles. The summed E-state index contributed by atoms with van der Waals surface area (Å²) in [5.74, 6) is -1.81. The van der Waals surface area contributed by atoms with E-state index in [2.05, 4.69) is 0 Å².